The standard InChI is InChI=1S/C17H21NO/c1-19-13-6-5-12-10-16-14-4-2-3-7-17(14,8-9-18-16)15(12)11-13/h4-6,11,16,18H,2-3,7-10H2,1H3/t16-,17-/m1/s1. The summed E-state index contributed by atoms with van der Waals surface area (Å²) in [5.41, 5.74) is 5.06. The summed E-state index contributed by atoms with van der Waals surface area (Å²) >= 11 is 0. The zero-order chi connectivity index (χ0) is 12.9. The molecule has 2 heteroatoms. The summed E-state index contributed by atoms with van der Waals surface area (Å²) in [6, 6.07) is 7.27. The molecule has 0 unspecified atom stereocenters. The van der Waals surface area contributed by atoms with Crippen molar-refractivity contribution in [3.05, 3.63) is 41.0 Å². The minimum absolute atomic E-state index is 0.316. The Morgan fingerprint density at radius 1 is 1.32 bits per heavy atom. The molecule has 1 aliphatic heterocycles. The highest BCUT2D eigenvalue weighted by atomic mass is 16.5. The van der Waals surface area contributed by atoms with Gasteiger partial charge >= 0.3 is 0 Å². The molecule has 0 saturated carbocycles. The van der Waals surface area contributed by atoms with Gasteiger partial charge in [0.1, 0.15) is 5.75 Å². The van der Waals surface area contributed by atoms with Gasteiger partial charge in [0.05, 0.1) is 7.11 Å². The Kier molecular flexibility index (Phi) is 2.49. The number of rotatable bonds is 1. The molecule has 2 bridgehead atoms. The van der Waals surface area contributed by atoms with Crippen LogP contribution in [0.3, 0.4) is 0 Å². The molecule has 4 rings (SSSR count). The first kappa shape index (κ1) is 11.5. The molecule has 0 spiro atoms. The summed E-state index contributed by atoms with van der Waals surface area (Å²) in [5.74, 6) is 1.01. The first-order valence-corrected chi connectivity index (χ1v) is 7.45. The number of hydrogen-bond donors (Lipinski definition) is 1. The van der Waals surface area contributed by atoms with Crippen LogP contribution in [-0.4, -0.2) is 19.7 Å². The normalized spacial score (nSPS) is 32.1. The van der Waals surface area contributed by atoms with Gasteiger partial charge in [-0.05, 0) is 67.5 Å². The van der Waals surface area contributed by atoms with Gasteiger partial charge in [0.25, 0.3) is 0 Å². The van der Waals surface area contributed by atoms with Gasteiger partial charge in [0, 0.05) is 11.5 Å². The van der Waals surface area contributed by atoms with E-state index < -0.39 is 0 Å². The Labute approximate surface area is 114 Å². The summed E-state index contributed by atoms with van der Waals surface area (Å²) in [6.07, 6.45) is 8.81. The van der Waals surface area contributed by atoms with Crippen LogP contribution in [0.1, 0.15) is 36.8 Å². The van der Waals surface area contributed by atoms with E-state index in [4.69, 9.17) is 4.74 Å². The van der Waals surface area contributed by atoms with Crippen molar-refractivity contribution in [2.24, 2.45) is 0 Å². The van der Waals surface area contributed by atoms with Gasteiger partial charge in [-0.2, -0.15) is 0 Å². The number of allylic oxidation sites excluding steroid dienone is 1. The van der Waals surface area contributed by atoms with Crippen LogP contribution < -0.4 is 10.1 Å². The van der Waals surface area contributed by atoms with Crippen molar-refractivity contribution >= 4 is 0 Å². The molecule has 1 aromatic rings. The minimum atomic E-state index is 0.316. The van der Waals surface area contributed by atoms with E-state index in [2.05, 4.69) is 29.6 Å². The average Bonchev–Trinajstić information content (AvgIpc) is 2.47. The van der Waals surface area contributed by atoms with Crippen LogP contribution in [-0.2, 0) is 11.8 Å². The lowest BCUT2D eigenvalue weighted by Gasteiger charge is -2.51. The van der Waals surface area contributed by atoms with Gasteiger partial charge in [0.15, 0.2) is 0 Å². The van der Waals surface area contributed by atoms with Crippen LogP contribution in [0, 0.1) is 0 Å². The van der Waals surface area contributed by atoms with Gasteiger partial charge in [-0.3, -0.25) is 0 Å². The maximum Gasteiger partial charge on any atom is 0.119 e. The smallest absolute Gasteiger partial charge is 0.119 e. The molecular formula is C17H21NO. The molecule has 0 radical (unpaired) electrons. The summed E-state index contributed by atoms with van der Waals surface area (Å²) in [5, 5.41) is 3.71. The third kappa shape index (κ3) is 1.53. The molecule has 2 nitrogen and oxygen atoms in total. The lowest BCUT2D eigenvalue weighted by atomic mass is 9.57. The Bertz CT molecular complexity index is 548. The van der Waals surface area contributed by atoms with E-state index in [9.17, 15) is 0 Å². The third-order valence-corrected chi connectivity index (χ3v) is 5.30. The molecule has 3 aliphatic rings. The van der Waals surface area contributed by atoms with E-state index in [-0.39, 0.29) is 0 Å². The molecule has 0 amide bonds. The summed E-state index contributed by atoms with van der Waals surface area (Å²) < 4.78 is 5.46. The predicted octanol–water partition coefficient (Wildman–Crippen LogP) is 2.96. The second kappa shape index (κ2) is 4.11. The van der Waals surface area contributed by atoms with Crippen LogP contribution >= 0.6 is 0 Å². The third-order valence-electron chi connectivity index (χ3n) is 5.30. The molecular weight excluding hydrogens is 234 g/mol. The van der Waals surface area contributed by atoms with Crippen LogP contribution in [0.2, 0.25) is 0 Å². The fraction of sp³-hybridized carbons (Fsp3) is 0.529. The molecule has 100 valence electrons. The van der Waals surface area contributed by atoms with Crippen molar-refractivity contribution in [3.63, 3.8) is 0 Å². The van der Waals surface area contributed by atoms with E-state index in [1.807, 2.05) is 0 Å². The molecule has 2 aliphatic carbocycles. The molecule has 19 heavy (non-hydrogen) atoms. The second-order valence-corrected chi connectivity index (χ2v) is 6.12. The number of methoxy groups -OCH3 is 1. The largest absolute Gasteiger partial charge is 0.497 e. The topological polar surface area (TPSA) is 21.3 Å². The SMILES string of the molecule is COc1ccc2c(c1)[C@@]13CCCC=C1[C@@H](C2)NCC3. The van der Waals surface area contributed by atoms with Crippen molar-refractivity contribution in [3.8, 4) is 5.75 Å². The van der Waals surface area contributed by atoms with Crippen molar-refractivity contribution in [1.82, 2.24) is 5.32 Å². The molecule has 0 aromatic heterocycles. The summed E-state index contributed by atoms with van der Waals surface area (Å²) in [6.45, 7) is 1.15. The number of nitrogens with one attached hydrogen (secondary N) is 1. The van der Waals surface area contributed by atoms with E-state index >= 15 is 0 Å². The van der Waals surface area contributed by atoms with Gasteiger partial charge in [-0.15, -0.1) is 0 Å². The van der Waals surface area contributed by atoms with Crippen LogP contribution in [0.25, 0.3) is 0 Å². The number of piperidine rings is 1. The van der Waals surface area contributed by atoms with Gasteiger partial charge in [-0.25, -0.2) is 0 Å². The number of fused-ring (bicyclic) bond motifs is 1. The monoisotopic (exact) mass is 255 g/mol. The first-order chi connectivity index (χ1) is 9.33. The molecule has 1 saturated heterocycles. The summed E-state index contributed by atoms with van der Waals surface area (Å²) in [7, 11) is 1.77. The zero-order valence-corrected chi connectivity index (χ0v) is 11.5. The van der Waals surface area contributed by atoms with Crippen molar-refractivity contribution in [1.29, 1.82) is 0 Å². The van der Waals surface area contributed by atoms with Crippen molar-refractivity contribution in [2.45, 2.75) is 43.6 Å². The van der Waals surface area contributed by atoms with E-state index in [1.165, 1.54) is 31.2 Å². The first-order valence-electron chi connectivity index (χ1n) is 7.45. The van der Waals surface area contributed by atoms with E-state index in [0.717, 1.165) is 18.7 Å². The lowest BCUT2D eigenvalue weighted by molar-refractivity contribution is 0.285. The fourth-order valence-corrected chi connectivity index (χ4v) is 4.45. The maximum absolute atomic E-state index is 5.46. The fourth-order valence-electron chi connectivity index (χ4n) is 4.45. The molecule has 1 N–H and O–H groups in total. The minimum Gasteiger partial charge on any atom is -0.497 e. The number of hydrogen-bond acceptors (Lipinski definition) is 2. The predicted molar refractivity (Wildman–Crippen MR) is 76.7 cm³/mol. The van der Waals surface area contributed by atoms with E-state index in [0.29, 0.717) is 11.5 Å². The molecule has 1 heterocycles. The Morgan fingerprint density at radius 3 is 3.16 bits per heavy atom. The van der Waals surface area contributed by atoms with Gasteiger partial charge in [0.2, 0.25) is 0 Å². The summed E-state index contributed by atoms with van der Waals surface area (Å²) in [4.78, 5) is 0. The number of ether oxygens (including phenoxy) is 1. The van der Waals surface area contributed by atoms with Crippen molar-refractivity contribution in [2.75, 3.05) is 13.7 Å². The highest BCUT2D eigenvalue weighted by Crippen LogP contribution is 2.51. The maximum atomic E-state index is 5.46. The number of benzene rings is 1. The molecule has 1 fully saturated rings. The lowest BCUT2D eigenvalue weighted by Crippen LogP contribution is -2.54. The van der Waals surface area contributed by atoms with Gasteiger partial charge < -0.3 is 10.1 Å². The average molecular weight is 255 g/mol. The second-order valence-electron chi connectivity index (χ2n) is 6.12. The Hall–Kier alpha value is -1.28. The van der Waals surface area contributed by atoms with Gasteiger partial charge in [-0.1, -0.05) is 12.1 Å². The molecule has 2 atom stereocenters. The van der Waals surface area contributed by atoms with Crippen molar-refractivity contribution < 1.29 is 4.74 Å². The quantitative estimate of drug-likeness (QED) is 0.779. The zero-order valence-electron chi connectivity index (χ0n) is 11.5. The Balaban J connectivity index is 1.94. The van der Waals surface area contributed by atoms with E-state index in [1.54, 1.807) is 18.2 Å². The highest BCUT2D eigenvalue weighted by molar-refractivity contribution is 5.53. The van der Waals surface area contributed by atoms with Crippen LogP contribution in [0.4, 0.5) is 0 Å². The molecule has 1 aromatic carbocycles. The highest BCUT2D eigenvalue weighted by Gasteiger charge is 2.47. The van der Waals surface area contributed by atoms with Crippen LogP contribution in [0.15, 0.2) is 29.8 Å². The Morgan fingerprint density at radius 2 is 2.26 bits per heavy atom. The van der Waals surface area contributed by atoms with Crippen LogP contribution in [0.5, 0.6) is 5.75 Å².